The van der Waals surface area contributed by atoms with E-state index in [9.17, 15) is 0 Å². The van der Waals surface area contributed by atoms with E-state index in [-0.39, 0.29) is 6.04 Å². The number of hydrogen-bond acceptors (Lipinski definition) is 5. The number of rotatable bonds is 4. The molecule has 0 bridgehead atoms. The minimum atomic E-state index is 0.0891. The molecule has 0 radical (unpaired) electrons. The Balaban J connectivity index is 1.97. The van der Waals surface area contributed by atoms with Gasteiger partial charge in [0, 0.05) is 19.4 Å². The van der Waals surface area contributed by atoms with Crippen molar-refractivity contribution in [2.24, 2.45) is 11.8 Å². The Bertz CT molecular complexity index is 335. The molecule has 1 aromatic heterocycles. The highest BCUT2D eigenvalue weighted by atomic mass is 16.5. The molecule has 5 heteroatoms. The third-order valence-corrected chi connectivity index (χ3v) is 3.27. The zero-order chi connectivity index (χ0) is 12.1. The largest absolute Gasteiger partial charge is 0.381 e. The van der Waals surface area contributed by atoms with Crippen LogP contribution in [0.1, 0.15) is 36.7 Å². The molecule has 0 aromatic carbocycles. The van der Waals surface area contributed by atoms with Crippen LogP contribution in [0.15, 0.2) is 12.4 Å². The summed E-state index contributed by atoms with van der Waals surface area (Å²) in [5.41, 5.74) is 4.69. The van der Waals surface area contributed by atoms with Gasteiger partial charge in [0.25, 0.3) is 0 Å². The van der Waals surface area contributed by atoms with Gasteiger partial charge in [0.05, 0.1) is 23.6 Å². The van der Waals surface area contributed by atoms with Crippen molar-refractivity contribution in [2.75, 3.05) is 13.2 Å². The summed E-state index contributed by atoms with van der Waals surface area (Å²) in [7, 11) is 0. The smallest absolute Gasteiger partial charge is 0.0769 e. The third kappa shape index (κ3) is 3.46. The fraction of sp³-hybridized carbons (Fsp3) is 0.667. The van der Waals surface area contributed by atoms with Gasteiger partial charge in [-0.2, -0.15) is 0 Å². The molecule has 1 aliphatic rings. The molecule has 17 heavy (non-hydrogen) atoms. The normalized spacial score (nSPS) is 19.2. The molecule has 1 saturated heterocycles. The van der Waals surface area contributed by atoms with Crippen molar-refractivity contribution in [1.29, 1.82) is 0 Å². The number of nitrogens with zero attached hydrogens (tertiary/aromatic N) is 2. The standard InChI is InChI=1S/C12H20N4O/c1-9-7-15-12(8-14-9)11(16-13)6-10-2-4-17-5-3-10/h7-8,10-11,16H,2-6,13H2,1H3. The summed E-state index contributed by atoms with van der Waals surface area (Å²) >= 11 is 0. The van der Waals surface area contributed by atoms with Crippen LogP contribution in [0.3, 0.4) is 0 Å². The molecule has 2 rings (SSSR count). The highest BCUT2D eigenvalue weighted by Gasteiger charge is 2.20. The molecule has 1 aromatic rings. The number of aromatic nitrogens is 2. The maximum absolute atomic E-state index is 5.61. The van der Waals surface area contributed by atoms with Crippen LogP contribution in [0.25, 0.3) is 0 Å². The molecule has 1 unspecified atom stereocenters. The summed E-state index contributed by atoms with van der Waals surface area (Å²) in [6.07, 6.45) is 6.80. The van der Waals surface area contributed by atoms with Crippen molar-refractivity contribution >= 4 is 0 Å². The van der Waals surface area contributed by atoms with Crippen LogP contribution < -0.4 is 11.3 Å². The minimum absolute atomic E-state index is 0.0891. The topological polar surface area (TPSA) is 73.1 Å². The second-order valence-corrected chi connectivity index (χ2v) is 4.59. The highest BCUT2D eigenvalue weighted by molar-refractivity contribution is 5.05. The molecule has 0 saturated carbocycles. The molecule has 1 aliphatic heterocycles. The van der Waals surface area contributed by atoms with Gasteiger partial charge in [0.15, 0.2) is 0 Å². The monoisotopic (exact) mass is 236 g/mol. The Morgan fingerprint density at radius 1 is 1.41 bits per heavy atom. The molecule has 1 fully saturated rings. The van der Waals surface area contributed by atoms with Crippen molar-refractivity contribution in [1.82, 2.24) is 15.4 Å². The molecule has 2 heterocycles. The van der Waals surface area contributed by atoms with Crippen molar-refractivity contribution in [3.8, 4) is 0 Å². The van der Waals surface area contributed by atoms with E-state index in [0.29, 0.717) is 5.92 Å². The maximum Gasteiger partial charge on any atom is 0.0769 e. The first-order valence-corrected chi connectivity index (χ1v) is 6.12. The number of nitrogens with two attached hydrogens (primary N) is 1. The van der Waals surface area contributed by atoms with Gasteiger partial charge in [0.1, 0.15) is 0 Å². The van der Waals surface area contributed by atoms with Crippen LogP contribution >= 0.6 is 0 Å². The van der Waals surface area contributed by atoms with E-state index in [1.165, 1.54) is 0 Å². The Labute approximate surface area is 102 Å². The van der Waals surface area contributed by atoms with Gasteiger partial charge in [0.2, 0.25) is 0 Å². The second kappa shape index (κ2) is 6.05. The first kappa shape index (κ1) is 12.4. The van der Waals surface area contributed by atoms with Gasteiger partial charge in [-0.15, -0.1) is 0 Å². The zero-order valence-corrected chi connectivity index (χ0v) is 10.2. The number of nitrogens with one attached hydrogen (secondary N) is 1. The average molecular weight is 236 g/mol. The van der Waals surface area contributed by atoms with E-state index >= 15 is 0 Å². The fourth-order valence-electron chi connectivity index (χ4n) is 2.17. The van der Waals surface area contributed by atoms with E-state index in [4.69, 9.17) is 10.6 Å². The lowest BCUT2D eigenvalue weighted by atomic mass is 9.91. The van der Waals surface area contributed by atoms with E-state index in [1.54, 1.807) is 12.4 Å². The molecule has 3 N–H and O–H groups in total. The van der Waals surface area contributed by atoms with Gasteiger partial charge in [-0.05, 0) is 32.1 Å². The molecular formula is C12H20N4O. The van der Waals surface area contributed by atoms with Crippen molar-refractivity contribution < 1.29 is 4.74 Å². The molecule has 5 nitrogen and oxygen atoms in total. The summed E-state index contributed by atoms with van der Waals surface area (Å²) in [6, 6.07) is 0.0891. The van der Waals surface area contributed by atoms with Gasteiger partial charge in [-0.3, -0.25) is 21.2 Å². The van der Waals surface area contributed by atoms with E-state index in [1.807, 2.05) is 6.92 Å². The maximum atomic E-state index is 5.61. The first-order chi connectivity index (χ1) is 8.29. The minimum Gasteiger partial charge on any atom is -0.381 e. The van der Waals surface area contributed by atoms with Gasteiger partial charge >= 0.3 is 0 Å². The van der Waals surface area contributed by atoms with Crippen molar-refractivity contribution in [2.45, 2.75) is 32.2 Å². The number of aryl methyl sites for hydroxylation is 1. The van der Waals surface area contributed by atoms with Crippen LogP contribution in [0, 0.1) is 12.8 Å². The van der Waals surface area contributed by atoms with Crippen LogP contribution in [-0.2, 0) is 4.74 Å². The van der Waals surface area contributed by atoms with Crippen molar-refractivity contribution in [3.05, 3.63) is 23.8 Å². The summed E-state index contributed by atoms with van der Waals surface area (Å²) in [5, 5.41) is 0. The molecule has 94 valence electrons. The highest BCUT2D eigenvalue weighted by Crippen LogP contribution is 2.25. The average Bonchev–Trinajstić information content (AvgIpc) is 2.38. The lowest BCUT2D eigenvalue weighted by molar-refractivity contribution is 0.0603. The van der Waals surface area contributed by atoms with Gasteiger partial charge in [-0.25, -0.2) is 0 Å². The van der Waals surface area contributed by atoms with Crippen LogP contribution in [0.5, 0.6) is 0 Å². The summed E-state index contributed by atoms with van der Waals surface area (Å²) in [4.78, 5) is 8.64. The van der Waals surface area contributed by atoms with Crippen LogP contribution in [0.2, 0.25) is 0 Å². The molecule has 0 aliphatic carbocycles. The Morgan fingerprint density at radius 2 is 2.18 bits per heavy atom. The molecule has 0 spiro atoms. The van der Waals surface area contributed by atoms with Crippen molar-refractivity contribution in [3.63, 3.8) is 0 Å². The lowest BCUT2D eigenvalue weighted by Gasteiger charge is -2.25. The zero-order valence-electron chi connectivity index (χ0n) is 10.2. The SMILES string of the molecule is Cc1cnc(C(CC2CCOCC2)NN)cn1. The molecule has 1 atom stereocenters. The number of ether oxygens (including phenoxy) is 1. The predicted octanol–water partition coefficient (Wildman–Crippen LogP) is 1.11. The summed E-state index contributed by atoms with van der Waals surface area (Å²) in [6.45, 7) is 3.66. The summed E-state index contributed by atoms with van der Waals surface area (Å²) in [5.74, 6) is 6.27. The quantitative estimate of drug-likeness (QED) is 0.605. The van der Waals surface area contributed by atoms with Gasteiger partial charge < -0.3 is 4.74 Å². The Hall–Kier alpha value is -1.04. The number of hydrogen-bond donors (Lipinski definition) is 2. The Morgan fingerprint density at radius 3 is 2.76 bits per heavy atom. The fourth-order valence-corrected chi connectivity index (χ4v) is 2.17. The van der Waals surface area contributed by atoms with Gasteiger partial charge in [-0.1, -0.05) is 0 Å². The second-order valence-electron chi connectivity index (χ2n) is 4.59. The molecule has 0 amide bonds. The molecular weight excluding hydrogens is 216 g/mol. The predicted molar refractivity (Wildman–Crippen MR) is 65.0 cm³/mol. The number of hydrazine groups is 1. The van der Waals surface area contributed by atoms with Crippen LogP contribution in [-0.4, -0.2) is 23.2 Å². The Kier molecular flexibility index (Phi) is 4.42. The van der Waals surface area contributed by atoms with E-state index in [0.717, 1.165) is 43.9 Å². The lowest BCUT2D eigenvalue weighted by Crippen LogP contribution is -2.31. The van der Waals surface area contributed by atoms with Crippen LogP contribution in [0.4, 0.5) is 0 Å². The third-order valence-electron chi connectivity index (χ3n) is 3.27. The first-order valence-electron chi connectivity index (χ1n) is 6.12. The van der Waals surface area contributed by atoms with E-state index in [2.05, 4.69) is 15.4 Å². The van der Waals surface area contributed by atoms with E-state index < -0.39 is 0 Å². The summed E-state index contributed by atoms with van der Waals surface area (Å²) < 4.78 is 5.36.